The first kappa shape index (κ1) is 13.2. The van der Waals surface area contributed by atoms with Gasteiger partial charge in [0.25, 0.3) is 0 Å². The molecule has 0 bridgehead atoms. The molecule has 0 fully saturated rings. The Kier molecular flexibility index (Phi) is 3.62. The van der Waals surface area contributed by atoms with Crippen molar-refractivity contribution in [2.45, 2.75) is 18.8 Å². The summed E-state index contributed by atoms with van der Waals surface area (Å²) in [7, 11) is 0. The molecule has 0 N–H and O–H groups in total. The van der Waals surface area contributed by atoms with Crippen LogP contribution in [0, 0.1) is 23.0 Å². The molecule has 1 atom stereocenters. The van der Waals surface area contributed by atoms with Gasteiger partial charge in [0, 0.05) is 5.56 Å². The van der Waals surface area contributed by atoms with E-state index in [9.17, 15) is 14.0 Å². The molecule has 0 heterocycles. The third-order valence-corrected chi connectivity index (χ3v) is 3.16. The average Bonchev–Trinajstić information content (AvgIpc) is 2.39. The van der Waals surface area contributed by atoms with E-state index in [2.05, 4.69) is 0 Å². The molecule has 0 spiro atoms. The van der Waals surface area contributed by atoms with Crippen LogP contribution in [0.2, 0.25) is 0 Å². The molecule has 0 aliphatic carbocycles. The fraction of sp³-hybridized carbons (Fsp3) is 0.188. The number of hydrogen-bond donors (Lipinski definition) is 0. The third kappa shape index (κ3) is 2.63. The molecule has 0 saturated heterocycles. The molecular weight excluding hydrogens is 244 g/mol. The van der Waals surface area contributed by atoms with Crippen LogP contribution in [-0.4, -0.2) is 0 Å². The Morgan fingerprint density at radius 2 is 1.58 bits per heavy atom. The molecule has 0 saturated carbocycles. The van der Waals surface area contributed by atoms with E-state index in [1.807, 2.05) is 36.4 Å². The number of halogens is 2. The summed E-state index contributed by atoms with van der Waals surface area (Å²) in [6.07, 6.45) is 0.266. The summed E-state index contributed by atoms with van der Waals surface area (Å²) >= 11 is 0. The van der Waals surface area contributed by atoms with Crippen molar-refractivity contribution in [1.82, 2.24) is 0 Å². The summed E-state index contributed by atoms with van der Waals surface area (Å²) in [5, 5.41) is 9.37. The first-order valence-electron chi connectivity index (χ1n) is 5.96. The van der Waals surface area contributed by atoms with Gasteiger partial charge in [-0.05, 0) is 31.0 Å². The lowest BCUT2D eigenvalue weighted by molar-refractivity contribution is 0.486. The van der Waals surface area contributed by atoms with Crippen LogP contribution in [0.1, 0.15) is 18.1 Å². The first-order valence-corrected chi connectivity index (χ1v) is 5.96. The molecule has 2 aromatic rings. The van der Waals surface area contributed by atoms with Crippen LogP contribution < -0.4 is 0 Å². The van der Waals surface area contributed by atoms with Gasteiger partial charge in [-0.25, -0.2) is 8.78 Å². The minimum absolute atomic E-state index is 0.165. The van der Waals surface area contributed by atoms with E-state index in [-0.39, 0.29) is 12.0 Å². The highest BCUT2D eigenvalue weighted by molar-refractivity contribution is 5.36. The topological polar surface area (TPSA) is 23.8 Å². The van der Waals surface area contributed by atoms with Crippen molar-refractivity contribution in [3.8, 4) is 6.07 Å². The van der Waals surface area contributed by atoms with Gasteiger partial charge in [-0.1, -0.05) is 36.4 Å². The van der Waals surface area contributed by atoms with Gasteiger partial charge in [0.1, 0.15) is 11.6 Å². The van der Waals surface area contributed by atoms with Crippen molar-refractivity contribution in [3.63, 3.8) is 0 Å². The quantitative estimate of drug-likeness (QED) is 0.815. The molecule has 0 amide bonds. The highest BCUT2D eigenvalue weighted by Crippen LogP contribution is 2.31. The van der Waals surface area contributed by atoms with E-state index in [1.165, 1.54) is 18.2 Å². The summed E-state index contributed by atoms with van der Waals surface area (Å²) in [6.45, 7) is 1.56. The van der Waals surface area contributed by atoms with E-state index in [4.69, 9.17) is 0 Å². The van der Waals surface area contributed by atoms with Crippen molar-refractivity contribution in [2.75, 3.05) is 0 Å². The maximum atomic E-state index is 13.8. The minimum atomic E-state index is -1.23. The summed E-state index contributed by atoms with van der Waals surface area (Å²) in [5.74, 6) is -1.36. The number of hydrogen-bond acceptors (Lipinski definition) is 1. The van der Waals surface area contributed by atoms with Gasteiger partial charge < -0.3 is 0 Å². The van der Waals surface area contributed by atoms with Gasteiger partial charge in [0.2, 0.25) is 0 Å². The Labute approximate surface area is 111 Å². The Balaban J connectivity index is 2.47. The van der Waals surface area contributed by atoms with Crippen LogP contribution in [-0.2, 0) is 11.8 Å². The predicted molar refractivity (Wildman–Crippen MR) is 69.5 cm³/mol. The molecule has 1 unspecified atom stereocenters. The molecule has 96 valence electrons. The van der Waals surface area contributed by atoms with Crippen molar-refractivity contribution in [1.29, 1.82) is 5.26 Å². The van der Waals surface area contributed by atoms with E-state index >= 15 is 0 Å². The van der Waals surface area contributed by atoms with Gasteiger partial charge in [-0.3, -0.25) is 0 Å². The van der Waals surface area contributed by atoms with Gasteiger partial charge in [-0.15, -0.1) is 0 Å². The SMILES string of the molecule is CC(C#N)(Cc1ccccc1)c1c(F)cccc1F. The molecule has 3 heteroatoms. The lowest BCUT2D eigenvalue weighted by atomic mass is 9.78. The Morgan fingerprint density at radius 1 is 1.00 bits per heavy atom. The van der Waals surface area contributed by atoms with E-state index in [0.717, 1.165) is 5.56 Å². The normalized spacial score (nSPS) is 13.6. The number of benzene rings is 2. The van der Waals surface area contributed by atoms with Gasteiger partial charge in [-0.2, -0.15) is 5.26 Å². The predicted octanol–water partition coefficient (Wildman–Crippen LogP) is 3.99. The fourth-order valence-corrected chi connectivity index (χ4v) is 2.21. The highest BCUT2D eigenvalue weighted by Gasteiger charge is 2.32. The highest BCUT2D eigenvalue weighted by atomic mass is 19.1. The lowest BCUT2D eigenvalue weighted by Gasteiger charge is -2.23. The molecule has 0 aliphatic heterocycles. The molecule has 0 aliphatic rings. The summed E-state index contributed by atoms with van der Waals surface area (Å²) in [5.41, 5.74) is -0.521. The van der Waals surface area contributed by atoms with E-state index < -0.39 is 17.0 Å². The van der Waals surface area contributed by atoms with Crippen molar-refractivity contribution in [2.24, 2.45) is 0 Å². The van der Waals surface area contributed by atoms with Crippen LogP contribution in [0.15, 0.2) is 48.5 Å². The summed E-state index contributed by atoms with van der Waals surface area (Å²) in [6, 6.07) is 14.9. The standard InChI is InChI=1S/C16H13F2N/c1-16(11-19,10-12-6-3-2-4-7-12)15-13(17)8-5-9-14(15)18/h2-9H,10H2,1H3. The molecule has 0 aromatic heterocycles. The maximum Gasteiger partial charge on any atom is 0.130 e. The summed E-state index contributed by atoms with van der Waals surface area (Å²) in [4.78, 5) is 0. The molecule has 2 rings (SSSR count). The van der Waals surface area contributed by atoms with Gasteiger partial charge in [0.15, 0.2) is 0 Å². The van der Waals surface area contributed by atoms with Crippen LogP contribution in [0.4, 0.5) is 8.78 Å². The zero-order chi connectivity index (χ0) is 13.9. The van der Waals surface area contributed by atoms with Gasteiger partial charge >= 0.3 is 0 Å². The van der Waals surface area contributed by atoms with Gasteiger partial charge in [0.05, 0.1) is 11.5 Å². The second-order valence-corrected chi connectivity index (χ2v) is 4.70. The Hall–Kier alpha value is -2.21. The van der Waals surface area contributed by atoms with Crippen LogP contribution in [0.5, 0.6) is 0 Å². The summed E-state index contributed by atoms with van der Waals surface area (Å²) < 4.78 is 27.7. The Morgan fingerprint density at radius 3 is 2.11 bits per heavy atom. The molecule has 0 radical (unpaired) electrons. The molecular formula is C16H13F2N. The number of nitrogens with zero attached hydrogens (tertiary/aromatic N) is 1. The zero-order valence-electron chi connectivity index (χ0n) is 10.5. The monoisotopic (exact) mass is 257 g/mol. The van der Waals surface area contributed by atoms with Crippen molar-refractivity contribution in [3.05, 3.63) is 71.3 Å². The Bertz CT molecular complexity index is 596. The number of rotatable bonds is 3. The lowest BCUT2D eigenvalue weighted by Crippen LogP contribution is -2.26. The molecule has 19 heavy (non-hydrogen) atoms. The van der Waals surface area contributed by atoms with Crippen molar-refractivity contribution < 1.29 is 8.78 Å². The third-order valence-electron chi connectivity index (χ3n) is 3.16. The maximum absolute atomic E-state index is 13.8. The molecule has 1 nitrogen and oxygen atoms in total. The van der Waals surface area contributed by atoms with Crippen LogP contribution in [0.25, 0.3) is 0 Å². The second kappa shape index (κ2) is 5.19. The largest absolute Gasteiger partial charge is 0.207 e. The first-order chi connectivity index (χ1) is 9.07. The number of nitriles is 1. The fourth-order valence-electron chi connectivity index (χ4n) is 2.21. The van der Waals surface area contributed by atoms with E-state index in [1.54, 1.807) is 6.92 Å². The van der Waals surface area contributed by atoms with E-state index in [0.29, 0.717) is 0 Å². The second-order valence-electron chi connectivity index (χ2n) is 4.70. The smallest absolute Gasteiger partial charge is 0.130 e. The van der Waals surface area contributed by atoms with Crippen LogP contribution >= 0.6 is 0 Å². The average molecular weight is 257 g/mol. The van der Waals surface area contributed by atoms with Crippen LogP contribution in [0.3, 0.4) is 0 Å². The minimum Gasteiger partial charge on any atom is -0.207 e. The molecule has 2 aromatic carbocycles. The zero-order valence-corrected chi connectivity index (χ0v) is 10.5. The van der Waals surface area contributed by atoms with Crippen molar-refractivity contribution >= 4 is 0 Å².